The van der Waals surface area contributed by atoms with Gasteiger partial charge in [0.15, 0.2) is 5.78 Å². The van der Waals surface area contributed by atoms with E-state index in [1.807, 2.05) is 24.3 Å². The Morgan fingerprint density at radius 2 is 2.05 bits per heavy atom. The van der Waals surface area contributed by atoms with Gasteiger partial charge in [-0.25, -0.2) is 0 Å². The van der Waals surface area contributed by atoms with E-state index in [0.717, 1.165) is 22.9 Å². The number of carbonyl (C=O) groups excluding carboxylic acids is 1. The lowest BCUT2D eigenvalue weighted by atomic mass is 9.94. The normalized spacial score (nSPS) is 16.6. The fraction of sp³-hybridized carbons (Fsp3) is 0.562. The first kappa shape index (κ1) is 15.7. The van der Waals surface area contributed by atoms with Crippen LogP contribution in [-0.4, -0.2) is 41.5 Å². The van der Waals surface area contributed by atoms with Crippen molar-refractivity contribution in [3.05, 3.63) is 34.3 Å². The lowest BCUT2D eigenvalue weighted by Crippen LogP contribution is -2.41. The number of nitrogens with zero attached hydrogens (tertiary/aromatic N) is 1. The number of rotatable bonds is 6. The summed E-state index contributed by atoms with van der Waals surface area (Å²) in [7, 11) is 0. The van der Waals surface area contributed by atoms with Crippen molar-refractivity contribution in [2.24, 2.45) is 0 Å². The molecule has 1 aromatic carbocycles. The largest absolute Gasteiger partial charge is 0.395 e. The van der Waals surface area contributed by atoms with Crippen molar-refractivity contribution in [3.63, 3.8) is 0 Å². The minimum Gasteiger partial charge on any atom is -0.395 e. The summed E-state index contributed by atoms with van der Waals surface area (Å²) in [5.74, 6) is 0.130. The van der Waals surface area contributed by atoms with Crippen molar-refractivity contribution in [2.45, 2.75) is 38.1 Å². The Hall–Kier alpha value is -0.710. The molecule has 4 heteroatoms. The summed E-state index contributed by atoms with van der Waals surface area (Å²) in [6.07, 6.45) is 6.05. The smallest absolute Gasteiger partial charge is 0.176 e. The average Bonchev–Trinajstić information content (AvgIpc) is 2.47. The number of Topliss-reactive ketones (excluding diaryl/α,β-unsaturated/α-hetero) is 1. The molecule has 0 aliphatic heterocycles. The highest BCUT2D eigenvalue weighted by Crippen LogP contribution is 2.23. The number of aliphatic hydroxyl groups is 1. The molecule has 0 bridgehead atoms. The number of ketones is 1. The molecule has 0 heterocycles. The standard InChI is InChI=1S/C16H22BrNO2/c17-14-6-4-5-13(11-14)16(20)12-18(9-10-19)15-7-2-1-3-8-15/h4-6,11,15,19H,1-3,7-10,12H2. The molecule has 0 atom stereocenters. The summed E-state index contributed by atoms with van der Waals surface area (Å²) in [4.78, 5) is 14.5. The molecule has 20 heavy (non-hydrogen) atoms. The van der Waals surface area contributed by atoms with E-state index in [1.54, 1.807) is 0 Å². The third-order valence-corrected chi connectivity index (χ3v) is 4.46. The summed E-state index contributed by atoms with van der Waals surface area (Å²) >= 11 is 3.40. The second kappa shape index (κ2) is 7.91. The molecule has 0 amide bonds. The third-order valence-electron chi connectivity index (χ3n) is 3.97. The zero-order valence-electron chi connectivity index (χ0n) is 11.7. The molecule has 0 radical (unpaired) electrons. The minimum absolute atomic E-state index is 0.113. The zero-order chi connectivity index (χ0) is 14.4. The Morgan fingerprint density at radius 1 is 1.30 bits per heavy atom. The van der Waals surface area contributed by atoms with E-state index in [2.05, 4.69) is 20.8 Å². The second-order valence-corrected chi connectivity index (χ2v) is 6.34. The van der Waals surface area contributed by atoms with Crippen LogP contribution in [0.5, 0.6) is 0 Å². The maximum Gasteiger partial charge on any atom is 0.176 e. The Labute approximate surface area is 129 Å². The maximum atomic E-state index is 12.4. The summed E-state index contributed by atoms with van der Waals surface area (Å²) in [6.45, 7) is 1.11. The minimum atomic E-state index is 0.113. The molecule has 1 aliphatic carbocycles. The highest BCUT2D eigenvalue weighted by Gasteiger charge is 2.23. The van der Waals surface area contributed by atoms with Crippen LogP contribution in [0.3, 0.4) is 0 Å². The van der Waals surface area contributed by atoms with Crippen LogP contribution < -0.4 is 0 Å². The van der Waals surface area contributed by atoms with Crippen molar-refractivity contribution in [1.29, 1.82) is 0 Å². The van der Waals surface area contributed by atoms with Crippen molar-refractivity contribution >= 4 is 21.7 Å². The van der Waals surface area contributed by atoms with E-state index >= 15 is 0 Å². The summed E-state index contributed by atoms with van der Waals surface area (Å²) in [6, 6.07) is 7.97. The van der Waals surface area contributed by atoms with E-state index in [4.69, 9.17) is 0 Å². The van der Waals surface area contributed by atoms with Gasteiger partial charge in [-0.05, 0) is 25.0 Å². The Morgan fingerprint density at radius 3 is 2.70 bits per heavy atom. The van der Waals surface area contributed by atoms with Crippen LogP contribution in [-0.2, 0) is 0 Å². The van der Waals surface area contributed by atoms with Gasteiger partial charge >= 0.3 is 0 Å². The van der Waals surface area contributed by atoms with Gasteiger partial charge in [0.25, 0.3) is 0 Å². The average molecular weight is 340 g/mol. The highest BCUT2D eigenvalue weighted by atomic mass is 79.9. The molecule has 1 N–H and O–H groups in total. The first-order valence-electron chi connectivity index (χ1n) is 7.34. The number of hydrogen-bond donors (Lipinski definition) is 1. The molecule has 0 aromatic heterocycles. The molecule has 0 unspecified atom stereocenters. The van der Waals surface area contributed by atoms with Gasteiger partial charge in [0.2, 0.25) is 0 Å². The molecular formula is C16H22BrNO2. The summed E-state index contributed by atoms with van der Waals surface area (Å²) in [5.41, 5.74) is 0.734. The van der Waals surface area contributed by atoms with Crippen LogP contribution in [0.2, 0.25) is 0 Å². The van der Waals surface area contributed by atoms with Crippen LogP contribution in [0.1, 0.15) is 42.5 Å². The molecule has 1 saturated carbocycles. The molecule has 0 spiro atoms. The number of hydrogen-bond acceptors (Lipinski definition) is 3. The molecule has 2 rings (SSSR count). The fourth-order valence-corrected chi connectivity index (χ4v) is 3.30. The third kappa shape index (κ3) is 4.40. The Bertz CT molecular complexity index is 444. The van der Waals surface area contributed by atoms with Crippen molar-refractivity contribution in [3.8, 4) is 0 Å². The molecule has 1 aliphatic rings. The predicted molar refractivity (Wildman–Crippen MR) is 84.0 cm³/mol. The number of benzene rings is 1. The van der Waals surface area contributed by atoms with Gasteiger partial charge in [-0.1, -0.05) is 47.3 Å². The van der Waals surface area contributed by atoms with Gasteiger partial charge in [-0.2, -0.15) is 0 Å². The van der Waals surface area contributed by atoms with Gasteiger partial charge in [0, 0.05) is 22.6 Å². The summed E-state index contributed by atoms with van der Waals surface area (Å²) in [5, 5.41) is 9.23. The monoisotopic (exact) mass is 339 g/mol. The van der Waals surface area contributed by atoms with E-state index in [9.17, 15) is 9.90 Å². The van der Waals surface area contributed by atoms with Crippen LogP contribution in [0.4, 0.5) is 0 Å². The van der Waals surface area contributed by atoms with Crippen LogP contribution in [0.15, 0.2) is 28.7 Å². The first-order valence-corrected chi connectivity index (χ1v) is 8.13. The fourth-order valence-electron chi connectivity index (χ4n) is 2.90. The van der Waals surface area contributed by atoms with Crippen molar-refractivity contribution in [2.75, 3.05) is 19.7 Å². The van der Waals surface area contributed by atoms with Crippen LogP contribution in [0, 0.1) is 0 Å². The van der Waals surface area contributed by atoms with Crippen LogP contribution >= 0.6 is 15.9 Å². The van der Waals surface area contributed by atoms with E-state index in [1.165, 1.54) is 19.3 Å². The molecule has 1 aromatic rings. The van der Waals surface area contributed by atoms with E-state index in [-0.39, 0.29) is 12.4 Å². The van der Waals surface area contributed by atoms with E-state index in [0.29, 0.717) is 19.1 Å². The first-order chi connectivity index (χ1) is 9.70. The SMILES string of the molecule is O=C(CN(CCO)C1CCCCC1)c1cccc(Br)c1. The van der Waals surface area contributed by atoms with Gasteiger partial charge in [-0.15, -0.1) is 0 Å². The molecule has 0 saturated heterocycles. The van der Waals surface area contributed by atoms with Crippen molar-refractivity contribution < 1.29 is 9.90 Å². The molecule has 3 nitrogen and oxygen atoms in total. The summed E-state index contributed by atoms with van der Waals surface area (Å²) < 4.78 is 0.926. The topological polar surface area (TPSA) is 40.5 Å². The van der Waals surface area contributed by atoms with Gasteiger partial charge in [0.1, 0.15) is 0 Å². The van der Waals surface area contributed by atoms with Gasteiger partial charge in [-0.3, -0.25) is 9.69 Å². The zero-order valence-corrected chi connectivity index (χ0v) is 13.3. The quantitative estimate of drug-likeness (QED) is 0.808. The lowest BCUT2D eigenvalue weighted by Gasteiger charge is -2.33. The molecule has 1 fully saturated rings. The highest BCUT2D eigenvalue weighted by molar-refractivity contribution is 9.10. The van der Waals surface area contributed by atoms with Crippen LogP contribution in [0.25, 0.3) is 0 Å². The number of aliphatic hydroxyl groups excluding tert-OH is 1. The second-order valence-electron chi connectivity index (χ2n) is 5.42. The maximum absolute atomic E-state index is 12.4. The van der Waals surface area contributed by atoms with Gasteiger partial charge < -0.3 is 5.11 Å². The Kier molecular flexibility index (Phi) is 6.20. The molecule has 110 valence electrons. The van der Waals surface area contributed by atoms with Crippen molar-refractivity contribution in [1.82, 2.24) is 4.90 Å². The Balaban J connectivity index is 2.01. The predicted octanol–water partition coefficient (Wildman–Crippen LogP) is 3.26. The van der Waals surface area contributed by atoms with Gasteiger partial charge in [0.05, 0.1) is 13.2 Å². The number of carbonyl (C=O) groups is 1. The number of halogens is 1. The lowest BCUT2D eigenvalue weighted by molar-refractivity contribution is 0.0814. The molecular weight excluding hydrogens is 318 g/mol. The van der Waals surface area contributed by atoms with E-state index < -0.39 is 0 Å².